The molecular formula is C23H27FN4O7. The zero-order valence-corrected chi connectivity index (χ0v) is 18.9. The number of esters is 1. The second-order valence-corrected chi connectivity index (χ2v) is 7.70. The average molecular weight is 494 g/mol. The third kappa shape index (κ3) is 7.17. The maximum Gasteiger partial charge on any atom is 0.351 e. The van der Waals surface area contributed by atoms with Gasteiger partial charge in [-0.05, 0) is 23.8 Å². The van der Waals surface area contributed by atoms with Crippen molar-refractivity contribution in [3.05, 3.63) is 58.1 Å². The number of ether oxygens (including phenoxy) is 3. The van der Waals surface area contributed by atoms with Crippen molar-refractivity contribution in [1.29, 1.82) is 0 Å². The average Bonchev–Trinajstić information content (AvgIpc) is 3.24. The van der Waals surface area contributed by atoms with Crippen LogP contribution in [0.1, 0.15) is 44.2 Å². The van der Waals surface area contributed by atoms with Crippen molar-refractivity contribution in [1.82, 2.24) is 14.9 Å². The van der Waals surface area contributed by atoms with Gasteiger partial charge in [0.25, 0.3) is 5.91 Å². The molecule has 2 heterocycles. The van der Waals surface area contributed by atoms with Gasteiger partial charge < -0.3 is 24.8 Å². The van der Waals surface area contributed by atoms with Gasteiger partial charge in [0.05, 0.1) is 15.8 Å². The summed E-state index contributed by atoms with van der Waals surface area (Å²) in [5.74, 6) is -1.32. The van der Waals surface area contributed by atoms with Crippen LogP contribution in [0.15, 0.2) is 41.3 Å². The fourth-order valence-corrected chi connectivity index (χ4v) is 3.32. The zero-order valence-electron chi connectivity index (χ0n) is 20.9. The molecule has 0 radical (unpaired) electrons. The van der Waals surface area contributed by atoms with Gasteiger partial charge in [0.15, 0.2) is 0 Å². The summed E-state index contributed by atoms with van der Waals surface area (Å²) in [4.78, 5) is 51.6. The Hall–Kier alpha value is -3.64. The van der Waals surface area contributed by atoms with Crippen molar-refractivity contribution in [2.45, 2.75) is 44.4 Å². The number of aromatic nitrogens is 2. The first kappa shape index (κ1) is 23.1. The number of benzene rings is 1. The Kier molecular flexibility index (Phi) is 8.04. The number of halogens is 1. The SMILES string of the molecule is [2H]C([3H])OC[C@H]1O[C@@H](n2ccc(NC(=O)c3ccc(COC(=O)CCC(=O)NC)cc3)nc2=O)C[C@@H]1F. The normalized spacial score (nSPS) is 20.9. The number of nitrogens with zero attached hydrogens (tertiary/aromatic N) is 2. The summed E-state index contributed by atoms with van der Waals surface area (Å²) in [7, 11) is -0.0888. The fourth-order valence-electron chi connectivity index (χ4n) is 3.32. The Morgan fingerprint density at radius 2 is 2.09 bits per heavy atom. The van der Waals surface area contributed by atoms with Crippen LogP contribution in [-0.2, 0) is 30.4 Å². The van der Waals surface area contributed by atoms with Crippen LogP contribution in [0.5, 0.6) is 0 Å². The Balaban J connectivity index is 1.52. The first-order chi connectivity index (χ1) is 17.7. The van der Waals surface area contributed by atoms with E-state index in [1.165, 1.54) is 31.4 Å². The summed E-state index contributed by atoms with van der Waals surface area (Å²) in [6, 6.07) is 7.59. The van der Waals surface area contributed by atoms with Crippen molar-refractivity contribution in [2.75, 3.05) is 26.0 Å². The van der Waals surface area contributed by atoms with Gasteiger partial charge in [-0.2, -0.15) is 4.98 Å². The number of carbonyl (C=O) groups excluding carboxylic acids is 3. The standard InChI is InChI=1S/C23H27FN4O7/c1-25-19(29)7-8-21(30)34-12-14-3-5-15(6-4-14)22(31)26-18-9-10-28(23(32)27-18)20-11-16(24)17(35-20)13-33-2/h3-6,9-10,16-17,20H,7-8,11-13H2,1-2H3,(H,25,29)(H,26,27,31,32)/t16-,17+,20+/m0/s1/i2TD/t2?,16-,17+,20+. The lowest BCUT2D eigenvalue weighted by Gasteiger charge is -2.15. The van der Waals surface area contributed by atoms with Gasteiger partial charge in [-0.1, -0.05) is 12.1 Å². The molecule has 1 aromatic heterocycles. The van der Waals surface area contributed by atoms with Crippen LogP contribution in [0.25, 0.3) is 0 Å². The lowest BCUT2D eigenvalue weighted by Crippen LogP contribution is -2.28. The molecule has 2 aromatic rings. The van der Waals surface area contributed by atoms with E-state index >= 15 is 0 Å². The van der Waals surface area contributed by atoms with Crippen LogP contribution in [0.2, 0.25) is 0 Å². The second kappa shape index (κ2) is 12.2. The number of alkyl halides is 1. The molecular weight excluding hydrogens is 463 g/mol. The van der Waals surface area contributed by atoms with Crippen molar-refractivity contribution in [3.63, 3.8) is 0 Å². The third-order valence-electron chi connectivity index (χ3n) is 5.26. The van der Waals surface area contributed by atoms with Gasteiger partial charge in [0, 0.05) is 38.7 Å². The predicted octanol–water partition coefficient (Wildman–Crippen LogP) is 1.34. The van der Waals surface area contributed by atoms with Gasteiger partial charge >= 0.3 is 11.7 Å². The minimum Gasteiger partial charge on any atom is -0.461 e. The smallest absolute Gasteiger partial charge is 0.351 e. The number of nitrogens with one attached hydrogen (secondary N) is 2. The highest BCUT2D eigenvalue weighted by Crippen LogP contribution is 2.30. The second-order valence-electron chi connectivity index (χ2n) is 7.70. The maximum absolute atomic E-state index is 14.2. The molecule has 1 fully saturated rings. The van der Waals surface area contributed by atoms with Crippen molar-refractivity contribution >= 4 is 23.6 Å². The number of amides is 2. The Labute approximate surface area is 203 Å². The predicted molar refractivity (Wildman–Crippen MR) is 121 cm³/mol. The molecule has 1 aliphatic heterocycles. The van der Waals surface area contributed by atoms with E-state index in [1.54, 1.807) is 12.1 Å². The quantitative estimate of drug-likeness (QED) is 0.473. The number of hydrogen-bond acceptors (Lipinski definition) is 8. The number of rotatable bonds is 10. The van der Waals surface area contributed by atoms with Crippen molar-refractivity contribution in [3.8, 4) is 0 Å². The van der Waals surface area contributed by atoms with Gasteiger partial charge in [0.1, 0.15) is 30.9 Å². The lowest BCUT2D eigenvalue weighted by molar-refractivity contribution is -0.146. The highest BCUT2D eigenvalue weighted by molar-refractivity contribution is 6.03. The van der Waals surface area contributed by atoms with Gasteiger partial charge in [0.2, 0.25) is 5.91 Å². The summed E-state index contributed by atoms with van der Waals surface area (Å²) in [5, 5.41) is 4.92. The fraction of sp³-hybridized carbons (Fsp3) is 0.435. The summed E-state index contributed by atoms with van der Waals surface area (Å²) < 4.78 is 44.6. The van der Waals surface area contributed by atoms with Gasteiger partial charge in [-0.15, -0.1) is 0 Å². The minimum absolute atomic E-state index is 0.0127. The number of anilines is 1. The van der Waals surface area contributed by atoms with Crippen LogP contribution in [-0.4, -0.2) is 60.3 Å². The summed E-state index contributed by atoms with van der Waals surface area (Å²) in [6.45, 7) is -0.304. The molecule has 2 N–H and O–H groups in total. The summed E-state index contributed by atoms with van der Waals surface area (Å²) in [5.41, 5.74) is 0.145. The molecule has 2 amide bonds. The molecule has 1 saturated heterocycles. The third-order valence-corrected chi connectivity index (χ3v) is 5.26. The molecule has 12 heteroatoms. The summed E-state index contributed by atoms with van der Waals surface area (Å²) >= 11 is 0. The van der Waals surface area contributed by atoms with Crippen LogP contribution >= 0.6 is 0 Å². The highest BCUT2D eigenvalue weighted by atomic mass is 19.1. The first-order valence-corrected chi connectivity index (χ1v) is 10.8. The molecule has 1 aromatic carbocycles. The Bertz CT molecular complexity index is 1160. The maximum atomic E-state index is 14.2. The molecule has 0 spiro atoms. The molecule has 35 heavy (non-hydrogen) atoms. The molecule has 0 saturated carbocycles. The first-order valence-electron chi connectivity index (χ1n) is 11.9. The molecule has 11 nitrogen and oxygen atoms in total. The van der Waals surface area contributed by atoms with E-state index in [-0.39, 0.29) is 49.8 Å². The van der Waals surface area contributed by atoms with E-state index in [4.69, 9.17) is 17.0 Å². The number of carbonyl (C=O) groups is 3. The molecule has 0 bridgehead atoms. The van der Waals surface area contributed by atoms with Crippen molar-refractivity contribution < 1.29 is 35.7 Å². The molecule has 188 valence electrons. The molecule has 3 rings (SSSR count). The number of hydrogen-bond donors (Lipinski definition) is 2. The summed E-state index contributed by atoms with van der Waals surface area (Å²) in [6.07, 6.45) is -2.20. The van der Waals surface area contributed by atoms with Gasteiger partial charge in [-0.25, -0.2) is 9.18 Å². The van der Waals surface area contributed by atoms with E-state index in [2.05, 4.69) is 15.6 Å². The van der Waals surface area contributed by atoms with E-state index < -0.39 is 43.1 Å². The largest absolute Gasteiger partial charge is 0.461 e. The molecule has 0 aliphatic carbocycles. The molecule has 1 aliphatic rings. The Morgan fingerprint density at radius 1 is 1.31 bits per heavy atom. The van der Waals surface area contributed by atoms with Crippen molar-refractivity contribution in [2.24, 2.45) is 0 Å². The number of methoxy groups -OCH3 is 1. The van der Waals surface area contributed by atoms with E-state index in [0.717, 1.165) is 4.57 Å². The van der Waals surface area contributed by atoms with E-state index in [0.29, 0.717) is 5.56 Å². The molecule has 4 atom stereocenters. The minimum atomic E-state index is -1.57. The van der Waals surface area contributed by atoms with Crippen LogP contribution in [0.4, 0.5) is 10.2 Å². The van der Waals surface area contributed by atoms with E-state index in [9.17, 15) is 23.6 Å². The lowest BCUT2D eigenvalue weighted by atomic mass is 10.1. The van der Waals surface area contributed by atoms with Crippen LogP contribution < -0.4 is 16.3 Å². The topological polar surface area (TPSA) is 138 Å². The monoisotopic (exact) mass is 493 g/mol. The van der Waals surface area contributed by atoms with E-state index in [1.807, 2.05) is 0 Å². The Morgan fingerprint density at radius 3 is 2.77 bits per heavy atom. The van der Waals surface area contributed by atoms with Gasteiger partial charge in [-0.3, -0.25) is 19.0 Å². The zero-order chi connectivity index (χ0) is 26.9. The highest BCUT2D eigenvalue weighted by Gasteiger charge is 2.36. The molecule has 1 unspecified atom stereocenters. The van der Waals surface area contributed by atoms with Crippen LogP contribution in [0.3, 0.4) is 0 Å². The van der Waals surface area contributed by atoms with Crippen LogP contribution in [0, 0.1) is 0 Å².